The maximum absolute atomic E-state index is 14.2. The van der Waals surface area contributed by atoms with E-state index in [1.165, 1.54) is 5.56 Å². The van der Waals surface area contributed by atoms with Crippen LogP contribution in [0.25, 0.3) is 11.1 Å². The van der Waals surface area contributed by atoms with Crippen molar-refractivity contribution >= 4 is 23.2 Å². The van der Waals surface area contributed by atoms with Crippen LogP contribution in [0.5, 0.6) is 0 Å². The average Bonchev–Trinajstić information content (AvgIpc) is 3.05. The summed E-state index contributed by atoms with van der Waals surface area (Å²) in [6, 6.07) is 13.3. The summed E-state index contributed by atoms with van der Waals surface area (Å²) < 4.78 is 11.2. The molecule has 250 valence electrons. The van der Waals surface area contributed by atoms with E-state index < -0.39 is 5.41 Å². The second kappa shape index (κ2) is 15.2. The van der Waals surface area contributed by atoms with E-state index in [4.69, 9.17) is 9.47 Å². The van der Waals surface area contributed by atoms with Crippen LogP contribution in [0.1, 0.15) is 81.3 Å². The Kier molecular flexibility index (Phi) is 11.3. The third-order valence-electron chi connectivity index (χ3n) is 10.9. The first-order valence-electron chi connectivity index (χ1n) is 17.4. The third-order valence-corrected chi connectivity index (χ3v) is 10.9. The Hall–Kier alpha value is -3.07. The fourth-order valence-corrected chi connectivity index (χ4v) is 7.85. The summed E-state index contributed by atoms with van der Waals surface area (Å²) >= 11 is 0. The summed E-state index contributed by atoms with van der Waals surface area (Å²) in [4.78, 5) is 37.0. The van der Waals surface area contributed by atoms with Gasteiger partial charge in [0.1, 0.15) is 0 Å². The number of ether oxygens (including phenoxy) is 2. The van der Waals surface area contributed by atoms with E-state index >= 15 is 0 Å². The minimum absolute atomic E-state index is 0.0902. The van der Waals surface area contributed by atoms with Crippen LogP contribution in [0, 0.1) is 24.2 Å². The highest BCUT2D eigenvalue weighted by Crippen LogP contribution is 2.44. The van der Waals surface area contributed by atoms with Gasteiger partial charge in [-0.25, -0.2) is 4.99 Å². The number of rotatable bonds is 11. The lowest BCUT2D eigenvalue weighted by Crippen LogP contribution is -2.53. The van der Waals surface area contributed by atoms with Gasteiger partial charge >= 0.3 is 0 Å². The van der Waals surface area contributed by atoms with Gasteiger partial charge in [0.2, 0.25) is 0 Å². The largest absolute Gasteiger partial charge is 0.381 e. The van der Waals surface area contributed by atoms with Gasteiger partial charge in [0, 0.05) is 69.4 Å². The Morgan fingerprint density at radius 1 is 1.07 bits per heavy atom. The Morgan fingerprint density at radius 2 is 1.74 bits per heavy atom. The number of amides is 2. The zero-order chi connectivity index (χ0) is 32.8. The molecule has 1 N–H and O–H groups in total. The van der Waals surface area contributed by atoms with Crippen molar-refractivity contribution in [3.63, 3.8) is 0 Å². The highest BCUT2D eigenvalue weighted by Gasteiger charge is 2.49. The molecule has 0 saturated carbocycles. The van der Waals surface area contributed by atoms with Crippen molar-refractivity contribution in [2.75, 3.05) is 58.0 Å². The Bertz CT molecular complexity index is 1390. The number of nitrogens with one attached hydrogen (secondary N) is 1. The van der Waals surface area contributed by atoms with Crippen molar-refractivity contribution in [2.24, 2.45) is 22.2 Å². The molecule has 3 aliphatic rings. The number of morpholine rings is 1. The molecule has 0 bridgehead atoms. The summed E-state index contributed by atoms with van der Waals surface area (Å²) in [5, 5.41) is 3.26. The van der Waals surface area contributed by atoms with Crippen LogP contribution in [-0.2, 0) is 20.8 Å². The summed E-state index contributed by atoms with van der Waals surface area (Å²) in [6.07, 6.45) is 4.57. The van der Waals surface area contributed by atoms with E-state index in [1.807, 2.05) is 19.9 Å². The van der Waals surface area contributed by atoms with E-state index in [1.54, 1.807) is 0 Å². The number of hydrogen-bond donors (Lipinski definition) is 1. The van der Waals surface area contributed by atoms with Gasteiger partial charge in [-0.2, -0.15) is 0 Å². The molecule has 3 unspecified atom stereocenters. The minimum Gasteiger partial charge on any atom is -0.381 e. The van der Waals surface area contributed by atoms with Crippen LogP contribution in [0.3, 0.4) is 0 Å². The molecule has 2 amide bonds. The maximum Gasteiger partial charge on any atom is 0.254 e. The molecule has 2 aromatic carbocycles. The summed E-state index contributed by atoms with van der Waals surface area (Å²) in [7, 11) is 2.14. The van der Waals surface area contributed by atoms with Gasteiger partial charge in [0.05, 0.1) is 18.6 Å². The lowest BCUT2D eigenvalue weighted by Gasteiger charge is -2.43. The Labute approximate surface area is 275 Å². The molecule has 3 heterocycles. The summed E-state index contributed by atoms with van der Waals surface area (Å²) in [5.41, 5.74) is 6.19. The van der Waals surface area contributed by atoms with Crippen LogP contribution in [0.15, 0.2) is 41.4 Å². The van der Waals surface area contributed by atoms with Gasteiger partial charge in [-0.3, -0.25) is 14.5 Å². The van der Waals surface area contributed by atoms with Gasteiger partial charge in [0.15, 0.2) is 0 Å². The van der Waals surface area contributed by atoms with E-state index in [0.29, 0.717) is 11.6 Å². The van der Waals surface area contributed by atoms with Crippen molar-refractivity contribution in [2.45, 2.75) is 79.3 Å². The summed E-state index contributed by atoms with van der Waals surface area (Å²) in [5.74, 6) is -0.0272. The van der Waals surface area contributed by atoms with Crippen molar-refractivity contribution in [3.05, 3.63) is 53.1 Å². The molecule has 5 rings (SSSR count). The SMILES string of the molecule is CCCC(C)C1(CNC(=O)c2cc(-c3ccc(CN4CCOCC4)cc3)cc(N(C)C3CCOCC3)c2C)C(=O)N=C(C)CC1C. The molecule has 46 heavy (non-hydrogen) atoms. The Morgan fingerprint density at radius 3 is 2.39 bits per heavy atom. The van der Waals surface area contributed by atoms with Crippen molar-refractivity contribution in [3.8, 4) is 11.1 Å². The molecule has 2 saturated heterocycles. The normalized spacial score (nSPS) is 23.6. The smallest absolute Gasteiger partial charge is 0.254 e. The van der Waals surface area contributed by atoms with E-state index in [0.717, 1.165) is 106 Å². The molecule has 8 heteroatoms. The predicted octanol–water partition coefficient (Wildman–Crippen LogP) is 6.29. The van der Waals surface area contributed by atoms with Crippen molar-refractivity contribution in [1.82, 2.24) is 10.2 Å². The molecule has 2 aromatic rings. The number of carbonyl (C=O) groups excluding carboxylic acids is 2. The molecule has 0 aromatic heterocycles. The lowest BCUT2D eigenvalue weighted by molar-refractivity contribution is -0.134. The van der Waals surface area contributed by atoms with Crippen LogP contribution in [0.2, 0.25) is 0 Å². The molecule has 0 spiro atoms. The number of benzene rings is 2. The third kappa shape index (κ3) is 7.40. The highest BCUT2D eigenvalue weighted by molar-refractivity contribution is 6.02. The van der Waals surface area contributed by atoms with E-state index in [9.17, 15) is 9.59 Å². The number of hydrogen-bond acceptors (Lipinski definition) is 6. The first-order valence-corrected chi connectivity index (χ1v) is 17.4. The van der Waals surface area contributed by atoms with Crippen LogP contribution in [-0.4, -0.2) is 81.6 Å². The number of anilines is 1. The van der Waals surface area contributed by atoms with E-state index in [2.05, 4.69) is 78.3 Å². The van der Waals surface area contributed by atoms with Gasteiger partial charge in [-0.1, -0.05) is 51.5 Å². The second-order valence-electron chi connectivity index (χ2n) is 13.9. The second-order valence-corrected chi connectivity index (χ2v) is 13.9. The van der Waals surface area contributed by atoms with Crippen LogP contribution < -0.4 is 10.2 Å². The van der Waals surface area contributed by atoms with Gasteiger partial charge in [-0.05, 0) is 85.8 Å². The first-order chi connectivity index (χ1) is 22.1. The van der Waals surface area contributed by atoms with Crippen molar-refractivity contribution < 1.29 is 19.1 Å². The van der Waals surface area contributed by atoms with Crippen LogP contribution >= 0.6 is 0 Å². The van der Waals surface area contributed by atoms with Gasteiger partial charge in [0.25, 0.3) is 11.8 Å². The highest BCUT2D eigenvalue weighted by atomic mass is 16.5. The number of carbonyl (C=O) groups is 2. The fraction of sp³-hybridized carbons (Fsp3) is 0.605. The maximum atomic E-state index is 14.2. The number of nitrogens with zero attached hydrogens (tertiary/aromatic N) is 3. The topological polar surface area (TPSA) is 83.5 Å². The lowest BCUT2D eigenvalue weighted by atomic mass is 9.63. The van der Waals surface area contributed by atoms with Gasteiger partial charge < -0.3 is 19.7 Å². The first kappa shape index (κ1) is 34.3. The zero-order valence-corrected chi connectivity index (χ0v) is 28.9. The number of aliphatic imine (C=N–C) groups is 1. The molecular weight excluding hydrogens is 576 g/mol. The molecule has 3 aliphatic heterocycles. The van der Waals surface area contributed by atoms with E-state index in [-0.39, 0.29) is 30.2 Å². The predicted molar refractivity (Wildman–Crippen MR) is 186 cm³/mol. The fourth-order valence-electron chi connectivity index (χ4n) is 7.85. The molecule has 3 atom stereocenters. The monoisotopic (exact) mass is 630 g/mol. The minimum atomic E-state index is -0.714. The molecular formula is C38H54N4O4. The molecule has 8 nitrogen and oxygen atoms in total. The molecule has 2 fully saturated rings. The van der Waals surface area contributed by atoms with Crippen molar-refractivity contribution in [1.29, 1.82) is 0 Å². The molecule has 0 radical (unpaired) electrons. The molecule has 0 aliphatic carbocycles. The quantitative estimate of drug-likeness (QED) is 0.314. The van der Waals surface area contributed by atoms with Gasteiger partial charge in [-0.15, -0.1) is 0 Å². The van der Waals surface area contributed by atoms with Crippen LogP contribution in [0.4, 0.5) is 5.69 Å². The Balaban J connectivity index is 1.46. The zero-order valence-electron chi connectivity index (χ0n) is 28.9. The summed E-state index contributed by atoms with van der Waals surface area (Å²) in [6.45, 7) is 16.6. The average molecular weight is 631 g/mol. The standard InChI is InChI=1S/C38H54N4O4/c1-7-8-26(2)38(27(3)21-28(4)40-37(38)44)25-39-36(43)34-22-32(23-35(29(34)5)41(6)33-13-17-45-18-14-33)31-11-9-30(10-12-31)24-42-15-19-46-20-16-42/h9-12,22-23,26-27,33H,7-8,13-21,24-25H2,1-6H3,(H,39,43).